The highest BCUT2D eigenvalue weighted by atomic mass is 79.9. The van der Waals surface area contributed by atoms with Crippen LogP contribution in [0.2, 0.25) is 0 Å². The van der Waals surface area contributed by atoms with E-state index in [0.29, 0.717) is 62.4 Å². The smallest absolute Gasteiger partial charge is 0.338 e. The van der Waals surface area contributed by atoms with Gasteiger partial charge in [-0.1, -0.05) is 46.3 Å². The van der Waals surface area contributed by atoms with Crippen LogP contribution in [0.15, 0.2) is 86.0 Å². The molecule has 45 heavy (non-hydrogen) atoms. The fourth-order valence-corrected chi connectivity index (χ4v) is 5.52. The van der Waals surface area contributed by atoms with Crippen molar-refractivity contribution in [3.05, 3.63) is 97.6 Å². The molecule has 0 fully saturated rings. The van der Waals surface area contributed by atoms with Gasteiger partial charge in [0.05, 0.1) is 35.5 Å². The van der Waals surface area contributed by atoms with E-state index in [4.69, 9.17) is 31.2 Å². The number of rotatable bonds is 13. The van der Waals surface area contributed by atoms with E-state index < -0.39 is 17.9 Å². The number of thiocarbonyl (C=S) groups is 1. The molecule has 1 amide bonds. The molecule has 1 aliphatic rings. The van der Waals surface area contributed by atoms with Crippen LogP contribution in [-0.4, -0.2) is 43.0 Å². The number of esters is 1. The Hall–Kier alpha value is -3.94. The third kappa shape index (κ3) is 9.28. The van der Waals surface area contributed by atoms with Crippen molar-refractivity contribution < 1.29 is 28.5 Å². The van der Waals surface area contributed by atoms with Crippen molar-refractivity contribution in [2.45, 2.75) is 33.4 Å². The van der Waals surface area contributed by atoms with Gasteiger partial charge in [-0.15, -0.1) is 0 Å². The van der Waals surface area contributed by atoms with E-state index in [1.165, 1.54) is 6.21 Å². The number of amides is 1. The molecule has 0 radical (unpaired) electrons. The molecule has 4 rings (SSSR count). The summed E-state index contributed by atoms with van der Waals surface area (Å²) in [5, 5.41) is 10.5. The lowest BCUT2D eigenvalue weighted by molar-refractivity contribution is -0.139. The third-order valence-electron chi connectivity index (χ3n) is 6.38. The highest BCUT2D eigenvalue weighted by Gasteiger charge is 2.32. The van der Waals surface area contributed by atoms with E-state index in [2.05, 4.69) is 53.0 Å². The zero-order valence-electron chi connectivity index (χ0n) is 24.8. The molecule has 0 saturated heterocycles. The quantitative estimate of drug-likeness (QED) is 0.0826. The van der Waals surface area contributed by atoms with Crippen molar-refractivity contribution in [2.75, 3.05) is 19.8 Å². The monoisotopic (exact) mass is 758 g/mol. The van der Waals surface area contributed by atoms with E-state index in [9.17, 15) is 9.59 Å². The number of hydrogen-bond donors (Lipinski definition) is 3. The lowest BCUT2D eigenvalue weighted by Gasteiger charge is -2.30. The number of carbonyl (C=O) groups excluding carboxylic acids is 2. The Kier molecular flexibility index (Phi) is 12.4. The third-order valence-corrected chi connectivity index (χ3v) is 7.72. The van der Waals surface area contributed by atoms with Crippen LogP contribution in [0.1, 0.15) is 43.5 Å². The summed E-state index contributed by atoms with van der Waals surface area (Å²) in [6.07, 6.45) is 1.50. The average molecular weight is 761 g/mol. The number of carbonyl (C=O) groups is 2. The van der Waals surface area contributed by atoms with Gasteiger partial charge in [-0.25, -0.2) is 10.2 Å². The fraction of sp³-hybridized carbons (Fsp3) is 0.250. The van der Waals surface area contributed by atoms with E-state index in [0.717, 1.165) is 10.0 Å². The van der Waals surface area contributed by atoms with Gasteiger partial charge in [0.25, 0.3) is 5.91 Å². The number of nitrogens with zero attached hydrogens (tertiary/aromatic N) is 1. The van der Waals surface area contributed by atoms with Crippen LogP contribution in [0.3, 0.4) is 0 Å². The zero-order valence-corrected chi connectivity index (χ0v) is 28.8. The molecule has 1 atom stereocenters. The lowest BCUT2D eigenvalue weighted by atomic mass is 9.95. The molecule has 10 nitrogen and oxygen atoms in total. The van der Waals surface area contributed by atoms with Gasteiger partial charge in [0.1, 0.15) is 12.4 Å². The highest BCUT2D eigenvalue weighted by molar-refractivity contribution is 9.10. The molecule has 3 aromatic rings. The Bertz CT molecular complexity index is 1610. The molecule has 0 aromatic heterocycles. The first-order valence-corrected chi connectivity index (χ1v) is 16.0. The second-order valence-electron chi connectivity index (χ2n) is 9.59. The summed E-state index contributed by atoms with van der Waals surface area (Å²) in [5.41, 5.74) is 5.73. The first-order chi connectivity index (χ1) is 21.7. The molecule has 1 heterocycles. The second kappa shape index (κ2) is 16.4. The van der Waals surface area contributed by atoms with E-state index in [1.807, 2.05) is 43.3 Å². The minimum atomic E-state index is -0.630. The first kappa shape index (κ1) is 33.9. The van der Waals surface area contributed by atoms with Crippen LogP contribution in [-0.2, 0) is 20.9 Å². The fourth-order valence-electron chi connectivity index (χ4n) is 4.41. The van der Waals surface area contributed by atoms with Gasteiger partial charge >= 0.3 is 5.97 Å². The molecular weight excluding hydrogens is 728 g/mol. The predicted molar refractivity (Wildman–Crippen MR) is 182 cm³/mol. The maximum Gasteiger partial charge on any atom is 0.338 e. The van der Waals surface area contributed by atoms with Gasteiger partial charge in [0.15, 0.2) is 23.2 Å². The Morgan fingerprint density at radius 3 is 2.49 bits per heavy atom. The second-order valence-corrected chi connectivity index (χ2v) is 11.8. The maximum atomic E-state index is 12.8. The molecule has 0 bridgehead atoms. The van der Waals surface area contributed by atoms with Gasteiger partial charge in [-0.2, -0.15) is 5.10 Å². The summed E-state index contributed by atoms with van der Waals surface area (Å²) in [6, 6.07) is 17.9. The van der Waals surface area contributed by atoms with Crippen LogP contribution in [0.5, 0.6) is 17.2 Å². The standard InChI is InChI=1S/C32H32Br2N4O6S/c1-4-41-26-15-21(14-24(34)30(26)44-17-20-10-12-22(33)13-11-20)16-35-38-27(39)18-43-25-9-7-6-8-23(25)29-28(31(40)42-5-2)19(3)36-32(45)37-29/h6-16,29H,4-5,17-18H2,1-3H3,(H,38,39)(H2,36,37,45)/t29-/m1/s1. The van der Waals surface area contributed by atoms with Gasteiger partial charge in [-0.05, 0) is 90.4 Å². The number of benzene rings is 3. The van der Waals surface area contributed by atoms with Crippen LogP contribution in [0, 0.1) is 0 Å². The minimum Gasteiger partial charge on any atom is -0.490 e. The van der Waals surface area contributed by atoms with Crippen LogP contribution in [0.25, 0.3) is 0 Å². The number of hydrazone groups is 1. The van der Waals surface area contributed by atoms with Crippen molar-refractivity contribution in [3.63, 3.8) is 0 Å². The molecule has 0 aliphatic carbocycles. The molecule has 3 aromatic carbocycles. The normalized spacial score (nSPS) is 14.4. The van der Waals surface area contributed by atoms with Crippen LogP contribution >= 0.6 is 44.1 Å². The largest absolute Gasteiger partial charge is 0.490 e. The Morgan fingerprint density at radius 1 is 1.00 bits per heavy atom. The summed E-state index contributed by atoms with van der Waals surface area (Å²) in [5.74, 6) is 0.540. The molecule has 13 heteroatoms. The summed E-state index contributed by atoms with van der Waals surface area (Å²) in [6.45, 7) is 6.07. The summed E-state index contributed by atoms with van der Waals surface area (Å²) in [7, 11) is 0. The van der Waals surface area contributed by atoms with Crippen molar-refractivity contribution >= 4 is 67.3 Å². The van der Waals surface area contributed by atoms with E-state index >= 15 is 0 Å². The molecule has 0 unspecified atom stereocenters. The van der Waals surface area contributed by atoms with E-state index in [-0.39, 0.29) is 13.2 Å². The molecule has 1 aliphatic heterocycles. The lowest BCUT2D eigenvalue weighted by Crippen LogP contribution is -2.45. The van der Waals surface area contributed by atoms with Crippen LogP contribution < -0.4 is 30.3 Å². The van der Waals surface area contributed by atoms with E-state index in [1.54, 1.807) is 38.1 Å². The molecule has 236 valence electrons. The number of nitrogens with one attached hydrogen (secondary N) is 3. The topological polar surface area (TPSA) is 120 Å². The molecule has 3 N–H and O–H groups in total. The van der Waals surface area contributed by atoms with Crippen molar-refractivity contribution in [2.24, 2.45) is 5.10 Å². The average Bonchev–Trinajstić information content (AvgIpc) is 3.00. The number of halogens is 2. The van der Waals surface area contributed by atoms with Crippen molar-refractivity contribution in [3.8, 4) is 17.2 Å². The number of ether oxygens (including phenoxy) is 4. The molecular formula is C32H32Br2N4O6S. The van der Waals surface area contributed by atoms with Gasteiger partial charge in [0.2, 0.25) is 0 Å². The van der Waals surface area contributed by atoms with Crippen LogP contribution in [0.4, 0.5) is 0 Å². The summed E-state index contributed by atoms with van der Waals surface area (Å²) in [4.78, 5) is 25.4. The minimum absolute atomic E-state index is 0.222. The van der Waals surface area contributed by atoms with Gasteiger partial charge < -0.3 is 29.6 Å². The summed E-state index contributed by atoms with van der Waals surface area (Å²) < 4.78 is 24.7. The Labute approximate surface area is 283 Å². The molecule has 0 spiro atoms. The Morgan fingerprint density at radius 2 is 1.76 bits per heavy atom. The number of para-hydroxylation sites is 1. The van der Waals surface area contributed by atoms with Gasteiger partial charge in [-0.3, -0.25) is 4.79 Å². The van der Waals surface area contributed by atoms with Crippen molar-refractivity contribution in [1.82, 2.24) is 16.1 Å². The number of hydrogen-bond acceptors (Lipinski definition) is 8. The molecule has 0 saturated carbocycles. The predicted octanol–water partition coefficient (Wildman–Crippen LogP) is 6.07. The SMILES string of the molecule is CCOC(=O)C1=C(C)NC(=S)N[C@@H]1c1ccccc1OCC(=O)NN=Cc1cc(Br)c(OCc2ccc(Br)cc2)c(OCC)c1. The van der Waals surface area contributed by atoms with Gasteiger partial charge in [0, 0.05) is 15.7 Å². The first-order valence-electron chi connectivity index (χ1n) is 14.0. The highest BCUT2D eigenvalue weighted by Crippen LogP contribution is 2.37. The van der Waals surface area contributed by atoms with Crippen molar-refractivity contribution in [1.29, 1.82) is 0 Å². The summed E-state index contributed by atoms with van der Waals surface area (Å²) >= 11 is 12.3. The zero-order chi connectivity index (χ0) is 32.3. The Balaban J connectivity index is 1.41. The number of allylic oxidation sites excluding steroid dienone is 1. The maximum absolute atomic E-state index is 12.8.